The van der Waals surface area contributed by atoms with Crippen LogP contribution < -0.4 is 0 Å². The monoisotopic (exact) mass is 530 g/mol. The van der Waals surface area contributed by atoms with E-state index in [1.165, 1.54) is 16.7 Å². The van der Waals surface area contributed by atoms with Crippen molar-refractivity contribution in [2.24, 2.45) is 0 Å². The Balaban J connectivity index is 0.000000380. The van der Waals surface area contributed by atoms with Crippen molar-refractivity contribution in [3.63, 3.8) is 0 Å². The fraction of sp³-hybridized carbons (Fsp3) is 0.600. The Morgan fingerprint density at radius 1 is 0.447 bits per heavy atom. The van der Waals surface area contributed by atoms with E-state index in [1.807, 2.05) is 54.4 Å². The number of nitrogens with zero attached hydrogens (tertiary/aromatic N) is 6. The number of aromatic hydroxyl groups is 2. The van der Waals surface area contributed by atoms with Gasteiger partial charge in [0.15, 0.2) is 0 Å². The minimum absolute atomic E-state index is 0.396. The van der Waals surface area contributed by atoms with Crippen LogP contribution in [0.5, 0.6) is 11.5 Å². The van der Waals surface area contributed by atoms with Crippen LogP contribution in [-0.4, -0.2) is 124 Å². The summed E-state index contributed by atoms with van der Waals surface area (Å²) in [6, 6.07) is 8.06. The van der Waals surface area contributed by atoms with Crippen molar-refractivity contribution in [3.05, 3.63) is 57.6 Å². The minimum atomic E-state index is 0.396. The van der Waals surface area contributed by atoms with Gasteiger partial charge in [-0.15, -0.1) is 0 Å². The molecule has 0 aromatic heterocycles. The smallest absolute Gasteiger partial charge is 0.124 e. The highest BCUT2D eigenvalue weighted by molar-refractivity contribution is 5.45. The van der Waals surface area contributed by atoms with Gasteiger partial charge in [-0.2, -0.15) is 0 Å². The van der Waals surface area contributed by atoms with E-state index >= 15 is 0 Å². The van der Waals surface area contributed by atoms with E-state index in [4.69, 9.17) is 0 Å². The molecule has 0 bridgehead atoms. The van der Waals surface area contributed by atoms with E-state index in [0.717, 1.165) is 56.0 Å². The Hall–Kier alpha value is -2.20. The quantitative estimate of drug-likeness (QED) is 0.434. The molecule has 0 atom stereocenters. The zero-order valence-electron chi connectivity index (χ0n) is 26.1. The number of benzene rings is 2. The molecular formula is C30H54N6O2. The van der Waals surface area contributed by atoms with E-state index in [-0.39, 0.29) is 0 Å². The van der Waals surface area contributed by atoms with Crippen molar-refractivity contribution in [2.75, 3.05) is 84.6 Å². The third kappa shape index (κ3) is 12.1. The van der Waals surface area contributed by atoms with Gasteiger partial charge in [0.05, 0.1) is 0 Å². The fourth-order valence-corrected chi connectivity index (χ4v) is 4.43. The zero-order valence-corrected chi connectivity index (χ0v) is 26.1. The first-order valence-electron chi connectivity index (χ1n) is 13.1. The summed E-state index contributed by atoms with van der Waals surface area (Å²) in [5.41, 5.74) is 6.82. The largest absolute Gasteiger partial charge is 0.508 e. The molecule has 38 heavy (non-hydrogen) atoms. The van der Waals surface area contributed by atoms with Gasteiger partial charge in [-0.05, 0) is 119 Å². The van der Waals surface area contributed by atoms with Gasteiger partial charge in [0.2, 0.25) is 0 Å². The van der Waals surface area contributed by atoms with E-state index in [1.54, 1.807) is 0 Å². The summed E-state index contributed by atoms with van der Waals surface area (Å²) in [6.45, 7) is 4.91. The average molecular weight is 531 g/mol. The summed E-state index contributed by atoms with van der Waals surface area (Å²) in [5, 5.41) is 20.5. The highest BCUT2D eigenvalue weighted by atomic mass is 16.3. The maximum atomic E-state index is 10.4. The third-order valence-corrected chi connectivity index (χ3v) is 5.74. The highest BCUT2D eigenvalue weighted by Gasteiger charge is 2.15. The fourth-order valence-electron chi connectivity index (χ4n) is 4.43. The standard InChI is InChI=1S/2C15H27N3O/c1-16(2)9-12-7-13(10-17(3)4)15(19)14(8-12)11-18(5)6;1-16(2)9-12-7-8-15(19)14(11-18(5)6)13(12)10-17(3)4/h2*7-8,19H,9-11H2,1-6H3. The van der Waals surface area contributed by atoms with Crippen molar-refractivity contribution in [3.8, 4) is 11.5 Å². The second kappa shape index (κ2) is 16.0. The molecule has 0 radical (unpaired) electrons. The first-order chi connectivity index (χ1) is 17.6. The summed E-state index contributed by atoms with van der Waals surface area (Å²) >= 11 is 0. The molecule has 2 aromatic rings. The van der Waals surface area contributed by atoms with Crippen LogP contribution in [0.4, 0.5) is 0 Å². The van der Waals surface area contributed by atoms with Crippen molar-refractivity contribution in [1.82, 2.24) is 29.4 Å². The van der Waals surface area contributed by atoms with Crippen molar-refractivity contribution < 1.29 is 10.2 Å². The number of hydrogen-bond donors (Lipinski definition) is 2. The van der Waals surface area contributed by atoms with Gasteiger partial charge in [-0.1, -0.05) is 6.07 Å². The molecule has 0 fully saturated rings. The van der Waals surface area contributed by atoms with Gasteiger partial charge in [-0.3, -0.25) is 0 Å². The Morgan fingerprint density at radius 3 is 1.21 bits per heavy atom. The maximum absolute atomic E-state index is 10.4. The molecule has 0 aliphatic carbocycles. The normalized spacial score (nSPS) is 11.8. The molecule has 2 rings (SSSR count). The summed E-state index contributed by atoms with van der Waals surface area (Å²) in [7, 11) is 24.5. The van der Waals surface area contributed by atoms with Gasteiger partial charge in [-0.25, -0.2) is 0 Å². The topological polar surface area (TPSA) is 59.9 Å². The minimum Gasteiger partial charge on any atom is -0.508 e. The van der Waals surface area contributed by atoms with Crippen LogP contribution in [0.25, 0.3) is 0 Å². The van der Waals surface area contributed by atoms with Gasteiger partial charge < -0.3 is 39.6 Å². The summed E-state index contributed by atoms with van der Waals surface area (Å²) < 4.78 is 0. The van der Waals surface area contributed by atoms with Gasteiger partial charge in [0.1, 0.15) is 11.5 Å². The van der Waals surface area contributed by atoms with Crippen LogP contribution in [0.2, 0.25) is 0 Å². The molecule has 8 heteroatoms. The summed E-state index contributed by atoms with van der Waals surface area (Å²) in [5.74, 6) is 0.831. The predicted octanol–water partition coefficient (Wildman–Crippen LogP) is 3.15. The van der Waals surface area contributed by atoms with Crippen molar-refractivity contribution in [2.45, 2.75) is 39.3 Å². The van der Waals surface area contributed by atoms with Crippen molar-refractivity contribution >= 4 is 0 Å². The zero-order chi connectivity index (χ0) is 29.2. The first-order valence-corrected chi connectivity index (χ1v) is 13.1. The Morgan fingerprint density at radius 2 is 0.816 bits per heavy atom. The van der Waals surface area contributed by atoms with Gasteiger partial charge >= 0.3 is 0 Å². The molecular weight excluding hydrogens is 476 g/mol. The molecule has 2 aromatic carbocycles. The van der Waals surface area contributed by atoms with Crippen LogP contribution in [0.3, 0.4) is 0 Å². The van der Waals surface area contributed by atoms with E-state index in [9.17, 15) is 10.2 Å². The summed E-state index contributed by atoms with van der Waals surface area (Å²) in [4.78, 5) is 12.7. The molecule has 0 saturated carbocycles. The number of hydrogen-bond acceptors (Lipinski definition) is 8. The lowest BCUT2D eigenvalue weighted by atomic mass is 9.98. The molecule has 0 aliphatic heterocycles. The van der Waals surface area contributed by atoms with E-state index < -0.39 is 0 Å². The highest BCUT2D eigenvalue weighted by Crippen LogP contribution is 2.28. The Bertz CT molecular complexity index is 956. The van der Waals surface area contributed by atoms with Crippen LogP contribution in [-0.2, 0) is 39.3 Å². The molecule has 0 spiro atoms. The molecule has 2 N–H and O–H groups in total. The number of phenols is 2. The lowest BCUT2D eigenvalue weighted by molar-refractivity contribution is 0.359. The molecule has 0 heterocycles. The molecule has 8 nitrogen and oxygen atoms in total. The SMILES string of the molecule is CN(C)Cc1cc(CN(C)C)c(O)c(CN(C)C)c1.CN(C)Cc1ccc(O)c(CN(C)C)c1CN(C)C. The van der Waals surface area contributed by atoms with E-state index in [0.29, 0.717) is 11.5 Å². The van der Waals surface area contributed by atoms with Gasteiger partial charge in [0, 0.05) is 56.0 Å². The molecule has 0 unspecified atom stereocenters. The lowest BCUT2D eigenvalue weighted by Crippen LogP contribution is -2.20. The van der Waals surface area contributed by atoms with Crippen molar-refractivity contribution in [1.29, 1.82) is 0 Å². The Kier molecular flexibility index (Phi) is 14.3. The van der Waals surface area contributed by atoms with E-state index in [2.05, 4.69) is 83.8 Å². The number of phenolic OH excluding ortho intramolecular Hbond substituents is 2. The van der Waals surface area contributed by atoms with Crippen LogP contribution in [0.15, 0.2) is 24.3 Å². The average Bonchev–Trinajstić information content (AvgIpc) is 2.74. The van der Waals surface area contributed by atoms with Crippen LogP contribution in [0, 0.1) is 0 Å². The maximum Gasteiger partial charge on any atom is 0.124 e. The molecule has 0 saturated heterocycles. The lowest BCUT2D eigenvalue weighted by Gasteiger charge is -2.23. The van der Waals surface area contributed by atoms with Crippen LogP contribution >= 0.6 is 0 Å². The first kappa shape index (κ1) is 33.8. The molecule has 0 aliphatic rings. The molecule has 0 amide bonds. The second-order valence-electron chi connectivity index (χ2n) is 11.9. The second-order valence-corrected chi connectivity index (χ2v) is 11.9. The van der Waals surface area contributed by atoms with Crippen LogP contribution in [0.1, 0.15) is 33.4 Å². The summed E-state index contributed by atoms with van der Waals surface area (Å²) in [6.07, 6.45) is 0. The van der Waals surface area contributed by atoms with Gasteiger partial charge in [0.25, 0.3) is 0 Å². The third-order valence-electron chi connectivity index (χ3n) is 5.74. The molecule has 216 valence electrons. The predicted molar refractivity (Wildman–Crippen MR) is 161 cm³/mol. The Labute approximate surface area is 232 Å². The number of rotatable bonds is 12.